The monoisotopic (exact) mass is 266 g/mol. The second-order valence-electron chi connectivity index (χ2n) is 3.32. The van der Waals surface area contributed by atoms with Crippen LogP contribution in [0.5, 0.6) is 0 Å². The largest absolute Gasteiger partial charge is 0.289 e. The zero-order chi connectivity index (χ0) is 10.9. The fourth-order valence-electron chi connectivity index (χ4n) is 1.25. The molecule has 15 heavy (non-hydrogen) atoms. The first kappa shape index (κ1) is 12.2. The second-order valence-corrected chi connectivity index (χ2v) is 4.11. The summed E-state index contributed by atoms with van der Waals surface area (Å²) in [6.07, 6.45) is 6.89. The third kappa shape index (κ3) is 4.93. The lowest BCUT2D eigenvalue weighted by atomic mass is 10.1. The van der Waals surface area contributed by atoms with Crippen LogP contribution in [0, 0.1) is 0 Å². The summed E-state index contributed by atoms with van der Waals surface area (Å²) in [7, 11) is 0. The van der Waals surface area contributed by atoms with Crippen LogP contribution in [0.4, 0.5) is 0 Å². The molecule has 0 atom stereocenters. The van der Waals surface area contributed by atoms with E-state index in [2.05, 4.69) is 15.9 Å². The molecule has 0 saturated heterocycles. The third-order valence-electron chi connectivity index (χ3n) is 2.08. The van der Waals surface area contributed by atoms with E-state index in [9.17, 15) is 4.79 Å². The van der Waals surface area contributed by atoms with Gasteiger partial charge in [0, 0.05) is 10.9 Å². The minimum atomic E-state index is 0.0921. The highest BCUT2D eigenvalue weighted by molar-refractivity contribution is 9.09. The molecule has 0 amide bonds. The second kappa shape index (κ2) is 7.41. The van der Waals surface area contributed by atoms with Gasteiger partial charge in [-0.05, 0) is 25.3 Å². The Bertz CT molecular complexity index is 317. The van der Waals surface area contributed by atoms with Gasteiger partial charge in [0.2, 0.25) is 0 Å². The predicted octanol–water partition coefficient (Wildman–Crippen LogP) is 3.99. The Balaban J connectivity index is 2.36. The van der Waals surface area contributed by atoms with Crippen molar-refractivity contribution in [2.75, 3.05) is 5.33 Å². The van der Waals surface area contributed by atoms with Gasteiger partial charge in [-0.15, -0.1) is 0 Å². The number of hydrogen-bond acceptors (Lipinski definition) is 1. The Kier molecular flexibility index (Phi) is 6.02. The molecule has 0 N–H and O–H groups in total. The van der Waals surface area contributed by atoms with Crippen molar-refractivity contribution in [1.82, 2.24) is 0 Å². The zero-order valence-electron chi connectivity index (χ0n) is 8.66. The average molecular weight is 267 g/mol. The van der Waals surface area contributed by atoms with E-state index >= 15 is 0 Å². The lowest BCUT2D eigenvalue weighted by molar-refractivity contribution is 0.104. The van der Waals surface area contributed by atoms with Crippen molar-refractivity contribution in [3.8, 4) is 0 Å². The molecule has 0 aliphatic carbocycles. The van der Waals surface area contributed by atoms with E-state index in [1.807, 2.05) is 36.4 Å². The number of halogens is 1. The van der Waals surface area contributed by atoms with Crippen molar-refractivity contribution in [1.29, 1.82) is 0 Å². The summed E-state index contributed by atoms with van der Waals surface area (Å²) in [6.45, 7) is 0. The van der Waals surface area contributed by atoms with E-state index in [0.717, 1.165) is 30.2 Å². The average Bonchev–Trinajstić information content (AvgIpc) is 2.30. The molecule has 0 fully saturated rings. The normalized spacial score (nSPS) is 10.7. The number of carbonyl (C=O) groups is 1. The van der Waals surface area contributed by atoms with Crippen molar-refractivity contribution in [3.63, 3.8) is 0 Å². The van der Waals surface area contributed by atoms with Crippen molar-refractivity contribution in [2.24, 2.45) is 0 Å². The van der Waals surface area contributed by atoms with E-state index in [4.69, 9.17) is 0 Å². The van der Waals surface area contributed by atoms with E-state index < -0.39 is 0 Å². The molecule has 0 saturated carbocycles. The number of hydrogen-bond donors (Lipinski definition) is 0. The number of unbranched alkanes of at least 4 members (excludes halogenated alkanes) is 2. The van der Waals surface area contributed by atoms with E-state index in [1.165, 1.54) is 0 Å². The lowest BCUT2D eigenvalue weighted by Crippen LogP contribution is -1.92. The first-order chi connectivity index (χ1) is 7.34. The van der Waals surface area contributed by atoms with Crippen LogP contribution in [-0.2, 0) is 0 Å². The van der Waals surface area contributed by atoms with Crippen LogP contribution in [0.2, 0.25) is 0 Å². The van der Waals surface area contributed by atoms with Gasteiger partial charge in [0.15, 0.2) is 5.78 Å². The molecule has 1 nitrogen and oxygen atoms in total. The van der Waals surface area contributed by atoms with E-state index in [0.29, 0.717) is 0 Å². The molecule has 1 rings (SSSR count). The predicted molar refractivity (Wildman–Crippen MR) is 67.6 cm³/mol. The zero-order valence-corrected chi connectivity index (χ0v) is 10.2. The SMILES string of the molecule is O=C(/C=C/CCCCBr)c1ccccc1. The highest BCUT2D eigenvalue weighted by atomic mass is 79.9. The minimum absolute atomic E-state index is 0.0921. The van der Waals surface area contributed by atoms with Crippen molar-refractivity contribution >= 4 is 21.7 Å². The Morgan fingerprint density at radius 3 is 2.60 bits per heavy atom. The molecular weight excluding hydrogens is 252 g/mol. The van der Waals surface area contributed by atoms with Gasteiger partial charge in [0.25, 0.3) is 0 Å². The van der Waals surface area contributed by atoms with Crippen LogP contribution in [-0.4, -0.2) is 11.1 Å². The summed E-state index contributed by atoms with van der Waals surface area (Å²) in [5.41, 5.74) is 0.759. The number of benzene rings is 1. The molecule has 2 heteroatoms. The maximum absolute atomic E-state index is 11.6. The van der Waals surface area contributed by atoms with Gasteiger partial charge in [-0.1, -0.05) is 52.3 Å². The molecule has 0 aliphatic rings. The topological polar surface area (TPSA) is 17.1 Å². The summed E-state index contributed by atoms with van der Waals surface area (Å²) >= 11 is 3.38. The van der Waals surface area contributed by atoms with Gasteiger partial charge >= 0.3 is 0 Å². The van der Waals surface area contributed by atoms with E-state index in [1.54, 1.807) is 6.08 Å². The minimum Gasteiger partial charge on any atom is -0.289 e. The quantitative estimate of drug-likeness (QED) is 0.329. The molecule has 0 bridgehead atoms. The number of allylic oxidation sites excluding steroid dienone is 2. The maximum Gasteiger partial charge on any atom is 0.185 e. The van der Waals surface area contributed by atoms with Crippen LogP contribution in [0.1, 0.15) is 29.6 Å². The summed E-state index contributed by atoms with van der Waals surface area (Å²) < 4.78 is 0. The molecule has 80 valence electrons. The maximum atomic E-state index is 11.6. The summed E-state index contributed by atoms with van der Waals surface area (Å²) in [5.74, 6) is 0.0921. The van der Waals surface area contributed by atoms with Gasteiger partial charge in [-0.2, -0.15) is 0 Å². The summed E-state index contributed by atoms with van der Waals surface area (Å²) in [6, 6.07) is 9.35. The van der Waals surface area contributed by atoms with Crippen LogP contribution >= 0.6 is 15.9 Å². The Hall–Kier alpha value is -0.890. The molecule has 0 heterocycles. The van der Waals surface area contributed by atoms with Crippen molar-refractivity contribution in [2.45, 2.75) is 19.3 Å². The van der Waals surface area contributed by atoms with Crippen LogP contribution in [0.25, 0.3) is 0 Å². The fraction of sp³-hybridized carbons (Fsp3) is 0.308. The fourth-order valence-corrected chi connectivity index (χ4v) is 1.64. The van der Waals surface area contributed by atoms with Crippen LogP contribution in [0.3, 0.4) is 0 Å². The number of alkyl halides is 1. The van der Waals surface area contributed by atoms with Crippen LogP contribution in [0.15, 0.2) is 42.5 Å². The molecule has 0 spiro atoms. The first-order valence-corrected chi connectivity index (χ1v) is 6.28. The number of ketones is 1. The standard InChI is InChI=1S/C13H15BrO/c14-11-7-2-1-6-10-13(15)12-8-4-3-5-9-12/h3-6,8-10H,1-2,7,11H2/b10-6+. The highest BCUT2D eigenvalue weighted by Gasteiger charge is 1.98. The molecule has 1 aromatic carbocycles. The first-order valence-electron chi connectivity index (χ1n) is 5.16. The summed E-state index contributed by atoms with van der Waals surface area (Å²) in [5, 5.41) is 1.04. The van der Waals surface area contributed by atoms with Crippen LogP contribution < -0.4 is 0 Å². The molecule has 0 unspecified atom stereocenters. The smallest absolute Gasteiger partial charge is 0.185 e. The van der Waals surface area contributed by atoms with Gasteiger partial charge in [-0.25, -0.2) is 0 Å². The summed E-state index contributed by atoms with van der Waals surface area (Å²) in [4.78, 5) is 11.6. The lowest BCUT2D eigenvalue weighted by Gasteiger charge is -1.94. The molecule has 0 aromatic heterocycles. The van der Waals surface area contributed by atoms with Gasteiger partial charge < -0.3 is 0 Å². The Morgan fingerprint density at radius 2 is 1.93 bits per heavy atom. The molecule has 0 aliphatic heterocycles. The molecule has 0 radical (unpaired) electrons. The Morgan fingerprint density at radius 1 is 1.20 bits per heavy atom. The number of rotatable bonds is 6. The van der Waals surface area contributed by atoms with Gasteiger partial charge in [-0.3, -0.25) is 4.79 Å². The highest BCUT2D eigenvalue weighted by Crippen LogP contribution is 2.03. The van der Waals surface area contributed by atoms with Gasteiger partial charge in [0.1, 0.15) is 0 Å². The van der Waals surface area contributed by atoms with Crippen molar-refractivity contribution in [3.05, 3.63) is 48.0 Å². The van der Waals surface area contributed by atoms with Crippen molar-refractivity contribution < 1.29 is 4.79 Å². The third-order valence-corrected chi connectivity index (χ3v) is 2.64. The Labute approximate surface area is 99.3 Å². The molecule has 1 aromatic rings. The van der Waals surface area contributed by atoms with Gasteiger partial charge in [0.05, 0.1) is 0 Å². The number of carbonyl (C=O) groups excluding carboxylic acids is 1. The molecular formula is C13H15BrO. The van der Waals surface area contributed by atoms with E-state index in [-0.39, 0.29) is 5.78 Å².